The molecule has 1 aromatic carbocycles. The van der Waals surface area contributed by atoms with Crippen molar-refractivity contribution < 1.29 is 22.3 Å². The van der Waals surface area contributed by atoms with E-state index in [1.165, 1.54) is 9.75 Å². The van der Waals surface area contributed by atoms with Gasteiger partial charge in [0.1, 0.15) is 15.1 Å². The predicted molar refractivity (Wildman–Crippen MR) is 123 cm³/mol. The van der Waals surface area contributed by atoms with Crippen molar-refractivity contribution in [3.63, 3.8) is 0 Å². The largest absolute Gasteiger partial charge is 0.496 e. The summed E-state index contributed by atoms with van der Waals surface area (Å²) < 4.78 is 41.5. The van der Waals surface area contributed by atoms with E-state index in [-0.39, 0.29) is 5.75 Å². The van der Waals surface area contributed by atoms with Crippen LogP contribution < -0.4 is 9.30 Å². The van der Waals surface area contributed by atoms with E-state index in [0.29, 0.717) is 13.0 Å². The smallest absolute Gasteiger partial charge is 0.265 e. The predicted octanol–water partition coefficient (Wildman–Crippen LogP) is 5.23. The minimum Gasteiger partial charge on any atom is -0.496 e. The molecule has 5 nitrogen and oxygen atoms in total. The van der Waals surface area contributed by atoms with Crippen LogP contribution in [0.1, 0.15) is 21.2 Å². The Balaban J connectivity index is 1.84. The van der Waals surface area contributed by atoms with E-state index in [9.17, 15) is 8.42 Å². The molecule has 0 bridgehead atoms. The second-order valence-corrected chi connectivity index (χ2v) is 11.5. The van der Waals surface area contributed by atoms with E-state index in [2.05, 4.69) is 35.8 Å². The number of aryl methyl sites for hydroxylation is 2. The quantitative estimate of drug-likeness (QED) is 0.299. The molecule has 4 rings (SSSR count). The molecule has 29 heavy (non-hydrogen) atoms. The van der Waals surface area contributed by atoms with Gasteiger partial charge in [0.15, 0.2) is 6.54 Å². The molecule has 4 aromatic rings. The summed E-state index contributed by atoms with van der Waals surface area (Å²) in [6.45, 7) is 2.58. The van der Waals surface area contributed by atoms with Gasteiger partial charge in [-0.15, -0.1) is 22.7 Å². The molecule has 9 heteroatoms. The van der Waals surface area contributed by atoms with Crippen LogP contribution in [0.2, 0.25) is 0 Å². The van der Waals surface area contributed by atoms with Gasteiger partial charge in [0.05, 0.1) is 12.9 Å². The maximum Gasteiger partial charge on any atom is 0.265 e. The third kappa shape index (κ3) is 4.39. The zero-order chi connectivity index (χ0) is 20.6. The van der Waals surface area contributed by atoms with Gasteiger partial charge in [0.25, 0.3) is 15.1 Å². The van der Waals surface area contributed by atoms with Gasteiger partial charge in [-0.1, -0.05) is 11.3 Å². The summed E-state index contributed by atoms with van der Waals surface area (Å²) in [5, 5.41) is 4.12. The van der Waals surface area contributed by atoms with Crippen LogP contribution in [0.25, 0.3) is 32.5 Å². The average Bonchev–Trinajstić information content (AvgIpc) is 3.36. The van der Waals surface area contributed by atoms with E-state index >= 15 is 0 Å². The molecule has 0 aliphatic rings. The number of ether oxygens (including phenoxy) is 1. The first-order chi connectivity index (χ1) is 13.9. The molecular formula is C20H20NO4S4+. The van der Waals surface area contributed by atoms with Crippen LogP contribution in [0.5, 0.6) is 5.75 Å². The number of methoxy groups -OCH3 is 1. The van der Waals surface area contributed by atoms with Crippen molar-refractivity contribution in [1.29, 1.82) is 0 Å². The van der Waals surface area contributed by atoms with Crippen LogP contribution in [0, 0.1) is 6.92 Å². The summed E-state index contributed by atoms with van der Waals surface area (Å²) in [7, 11) is -2.31. The molecule has 0 saturated carbocycles. The Morgan fingerprint density at radius 1 is 1.21 bits per heavy atom. The highest BCUT2D eigenvalue weighted by Gasteiger charge is 2.24. The summed E-state index contributed by atoms with van der Waals surface area (Å²) in [4.78, 5) is 2.43. The fourth-order valence-corrected chi connectivity index (χ4v) is 6.73. The normalized spacial score (nSPS) is 12.5. The number of hydrogen-bond donors (Lipinski definition) is 1. The Kier molecular flexibility index (Phi) is 5.76. The van der Waals surface area contributed by atoms with Crippen molar-refractivity contribution >= 4 is 76.6 Å². The third-order valence-electron chi connectivity index (χ3n) is 4.55. The molecule has 3 aromatic heterocycles. The SMILES string of the molecule is COc1cc2sc(/C=C/c3ccc(C)s3)[n+](CCCS(=O)(=O)O)c2c2sccc12. The summed E-state index contributed by atoms with van der Waals surface area (Å²) >= 11 is 5.03. The summed E-state index contributed by atoms with van der Waals surface area (Å²) in [6, 6.07) is 8.27. The van der Waals surface area contributed by atoms with Crippen molar-refractivity contribution in [3.8, 4) is 5.75 Å². The molecule has 1 N–H and O–H groups in total. The van der Waals surface area contributed by atoms with Gasteiger partial charge in [-0.2, -0.15) is 13.0 Å². The van der Waals surface area contributed by atoms with Gasteiger partial charge in [-0.05, 0) is 36.6 Å². The molecule has 152 valence electrons. The molecule has 0 aliphatic heterocycles. The lowest BCUT2D eigenvalue weighted by Crippen LogP contribution is -2.36. The van der Waals surface area contributed by atoms with Crippen molar-refractivity contribution in [3.05, 3.63) is 44.4 Å². The van der Waals surface area contributed by atoms with E-state index < -0.39 is 10.1 Å². The highest BCUT2D eigenvalue weighted by molar-refractivity contribution is 7.85. The van der Waals surface area contributed by atoms with Crippen LogP contribution in [0.4, 0.5) is 0 Å². The number of benzene rings is 1. The van der Waals surface area contributed by atoms with Crippen molar-refractivity contribution in [2.45, 2.75) is 19.9 Å². The van der Waals surface area contributed by atoms with Gasteiger partial charge in [-0.25, -0.2) is 0 Å². The Morgan fingerprint density at radius 2 is 2.03 bits per heavy atom. The Bertz CT molecular complexity index is 1310. The molecule has 0 saturated heterocycles. The van der Waals surface area contributed by atoms with Crippen LogP contribution in [-0.2, 0) is 16.7 Å². The molecule has 0 amide bonds. The van der Waals surface area contributed by atoms with Gasteiger partial charge in [0.2, 0.25) is 5.52 Å². The molecule has 0 spiro atoms. The molecule has 0 unspecified atom stereocenters. The van der Waals surface area contributed by atoms with Crippen LogP contribution in [0.15, 0.2) is 29.6 Å². The van der Waals surface area contributed by atoms with Crippen molar-refractivity contribution in [2.24, 2.45) is 0 Å². The van der Waals surface area contributed by atoms with Crippen LogP contribution in [-0.4, -0.2) is 25.8 Å². The minimum atomic E-state index is -3.98. The summed E-state index contributed by atoms with van der Waals surface area (Å²) in [5.74, 6) is 0.582. The zero-order valence-electron chi connectivity index (χ0n) is 15.9. The number of rotatable bonds is 7. The Hall–Kier alpha value is -1.78. The van der Waals surface area contributed by atoms with Crippen molar-refractivity contribution in [1.82, 2.24) is 0 Å². The first kappa shape index (κ1) is 20.5. The number of fused-ring (bicyclic) bond motifs is 3. The fraction of sp³-hybridized carbons (Fsp3) is 0.250. The number of thiazole rings is 1. The molecule has 0 radical (unpaired) electrons. The molecular weight excluding hydrogens is 446 g/mol. The lowest BCUT2D eigenvalue weighted by Gasteiger charge is -2.02. The van der Waals surface area contributed by atoms with Crippen molar-refractivity contribution in [2.75, 3.05) is 12.9 Å². The van der Waals surface area contributed by atoms with Gasteiger partial charge in [-0.3, -0.25) is 4.55 Å². The first-order valence-corrected chi connectivity index (χ1v) is 13.1. The second-order valence-electron chi connectivity index (χ2n) is 6.60. The first-order valence-electron chi connectivity index (χ1n) is 8.96. The number of thiophene rings is 2. The monoisotopic (exact) mass is 466 g/mol. The average molecular weight is 467 g/mol. The van der Waals surface area contributed by atoms with Crippen LogP contribution >= 0.6 is 34.0 Å². The molecule has 0 aliphatic carbocycles. The Morgan fingerprint density at radius 3 is 2.72 bits per heavy atom. The van der Waals surface area contributed by atoms with Gasteiger partial charge < -0.3 is 4.74 Å². The van der Waals surface area contributed by atoms with E-state index in [1.54, 1.807) is 41.1 Å². The zero-order valence-corrected chi connectivity index (χ0v) is 19.2. The van der Waals surface area contributed by atoms with E-state index in [1.807, 2.05) is 17.5 Å². The highest BCUT2D eigenvalue weighted by Crippen LogP contribution is 2.38. The highest BCUT2D eigenvalue weighted by atomic mass is 32.2. The molecule has 0 atom stereocenters. The topological polar surface area (TPSA) is 67.5 Å². The van der Waals surface area contributed by atoms with Gasteiger partial charge >= 0.3 is 0 Å². The lowest BCUT2D eigenvalue weighted by molar-refractivity contribution is -0.667. The molecule has 3 heterocycles. The lowest BCUT2D eigenvalue weighted by atomic mass is 10.2. The standard InChI is InChI=1S/C20H19NO4S4/c1-13-4-5-14(27-13)6-7-18-21(9-3-11-29(22,23)24)19-17(28-18)12-16(25-2)15-8-10-26-20(15)19/h4-8,10,12H,3,9,11H2,1-2H3/p+1/b7-6+. The Labute approximate surface area is 181 Å². The maximum atomic E-state index is 11.2. The van der Waals surface area contributed by atoms with Crippen LogP contribution in [0.3, 0.4) is 0 Å². The van der Waals surface area contributed by atoms with E-state index in [0.717, 1.165) is 31.1 Å². The molecule has 0 fully saturated rings. The van der Waals surface area contributed by atoms with E-state index in [4.69, 9.17) is 9.29 Å². The fourth-order valence-electron chi connectivity index (χ4n) is 3.29. The van der Waals surface area contributed by atoms with Gasteiger partial charge in [0, 0.05) is 33.7 Å². The minimum absolute atomic E-state index is 0.256. The second kappa shape index (κ2) is 8.16. The summed E-state index contributed by atoms with van der Waals surface area (Å²) in [6.07, 6.45) is 4.51. The number of nitrogens with zero attached hydrogens (tertiary/aromatic N) is 1. The number of hydrogen-bond acceptors (Lipinski definition) is 6. The maximum absolute atomic E-state index is 11.2. The third-order valence-corrected chi connectivity index (χ3v) is 8.34. The summed E-state index contributed by atoms with van der Waals surface area (Å²) in [5.41, 5.74) is 1.08. The number of aromatic nitrogens is 1.